The highest BCUT2D eigenvalue weighted by molar-refractivity contribution is 6.30. The van der Waals surface area contributed by atoms with Gasteiger partial charge in [-0.05, 0) is 62.3 Å². The lowest BCUT2D eigenvalue weighted by Gasteiger charge is -2.30. The van der Waals surface area contributed by atoms with E-state index in [1.54, 1.807) is 12.1 Å². The molecular weight excluding hydrogens is 432 g/mol. The van der Waals surface area contributed by atoms with Crippen molar-refractivity contribution in [1.29, 1.82) is 0 Å². The van der Waals surface area contributed by atoms with E-state index < -0.39 is 0 Å². The van der Waals surface area contributed by atoms with Crippen molar-refractivity contribution in [2.45, 2.75) is 19.4 Å². The van der Waals surface area contributed by atoms with Crippen molar-refractivity contribution in [1.82, 2.24) is 15.0 Å². The number of aromatic nitrogens is 2. The van der Waals surface area contributed by atoms with Gasteiger partial charge in [0.25, 0.3) is 0 Å². The minimum atomic E-state index is -0.0354. The number of carbonyl (C=O) groups is 1. The smallest absolute Gasteiger partial charge is 0.241 e. The Hall–Kier alpha value is -3.10. The zero-order valence-electron chi connectivity index (χ0n) is 17.4. The van der Waals surface area contributed by atoms with Crippen molar-refractivity contribution in [3.8, 4) is 22.9 Å². The fraction of sp³-hybridized carbons (Fsp3) is 0.348. The number of piperidine rings is 1. The van der Waals surface area contributed by atoms with E-state index in [0.717, 1.165) is 37.2 Å². The number of benzene rings is 2. The van der Waals surface area contributed by atoms with Crippen molar-refractivity contribution in [3.63, 3.8) is 0 Å². The second kappa shape index (κ2) is 9.18. The van der Waals surface area contributed by atoms with Gasteiger partial charge in [-0.1, -0.05) is 16.8 Å². The average molecular weight is 455 g/mol. The number of amides is 1. The summed E-state index contributed by atoms with van der Waals surface area (Å²) in [7, 11) is 0. The number of nitrogens with one attached hydrogen (secondary N) is 1. The van der Waals surface area contributed by atoms with E-state index in [2.05, 4.69) is 20.4 Å². The van der Waals surface area contributed by atoms with Gasteiger partial charge in [-0.2, -0.15) is 4.98 Å². The molecule has 5 rings (SSSR count). The lowest BCUT2D eigenvalue weighted by molar-refractivity contribution is -0.121. The van der Waals surface area contributed by atoms with Gasteiger partial charge in [0.15, 0.2) is 11.5 Å². The third kappa shape index (κ3) is 4.71. The van der Waals surface area contributed by atoms with E-state index in [1.807, 2.05) is 30.3 Å². The first-order chi connectivity index (χ1) is 15.6. The zero-order valence-corrected chi connectivity index (χ0v) is 18.2. The van der Waals surface area contributed by atoms with E-state index in [4.69, 9.17) is 25.6 Å². The fourth-order valence-electron chi connectivity index (χ4n) is 3.95. The molecule has 0 bridgehead atoms. The summed E-state index contributed by atoms with van der Waals surface area (Å²) in [4.78, 5) is 19.4. The molecule has 1 amide bonds. The van der Waals surface area contributed by atoms with Crippen molar-refractivity contribution in [2.75, 3.05) is 31.6 Å². The Morgan fingerprint density at radius 1 is 1.06 bits per heavy atom. The van der Waals surface area contributed by atoms with Crippen LogP contribution in [0.1, 0.15) is 18.7 Å². The van der Waals surface area contributed by atoms with Gasteiger partial charge >= 0.3 is 0 Å². The molecule has 1 N–H and O–H groups in total. The molecule has 0 saturated carbocycles. The highest BCUT2D eigenvalue weighted by Crippen LogP contribution is 2.33. The second-order valence-electron chi connectivity index (χ2n) is 7.92. The summed E-state index contributed by atoms with van der Waals surface area (Å²) in [5, 5.41) is 7.74. The minimum Gasteiger partial charge on any atom is -0.486 e. The molecular formula is C23H23ClN4O4. The normalized spacial score (nSPS) is 16.7. The summed E-state index contributed by atoms with van der Waals surface area (Å²) in [6.45, 7) is 3.21. The van der Waals surface area contributed by atoms with Crippen LogP contribution in [0.5, 0.6) is 11.5 Å². The number of halogens is 1. The number of hydrogen-bond acceptors (Lipinski definition) is 7. The number of ether oxygens (including phenoxy) is 2. The molecule has 0 unspecified atom stereocenters. The molecule has 3 aromatic rings. The maximum absolute atomic E-state index is 12.7. The van der Waals surface area contributed by atoms with Crippen LogP contribution < -0.4 is 14.8 Å². The van der Waals surface area contributed by atoms with Gasteiger partial charge in [0.05, 0.1) is 6.54 Å². The van der Waals surface area contributed by atoms with E-state index in [0.29, 0.717) is 48.0 Å². The van der Waals surface area contributed by atoms with Crippen LogP contribution >= 0.6 is 11.6 Å². The Balaban J connectivity index is 1.13. The van der Waals surface area contributed by atoms with Crippen LogP contribution in [0.2, 0.25) is 5.02 Å². The fourth-order valence-corrected chi connectivity index (χ4v) is 4.07. The van der Waals surface area contributed by atoms with Gasteiger partial charge in [-0.25, -0.2) is 0 Å². The predicted octanol–water partition coefficient (Wildman–Crippen LogP) is 4.01. The van der Waals surface area contributed by atoms with Crippen LogP contribution in [0.15, 0.2) is 47.0 Å². The van der Waals surface area contributed by atoms with Crippen LogP contribution in [0, 0.1) is 5.92 Å². The molecule has 2 aromatic carbocycles. The third-order valence-corrected chi connectivity index (χ3v) is 5.95. The number of hydrogen-bond donors (Lipinski definition) is 1. The van der Waals surface area contributed by atoms with Crippen molar-refractivity contribution >= 4 is 23.2 Å². The monoisotopic (exact) mass is 454 g/mol. The van der Waals surface area contributed by atoms with Crippen LogP contribution in [0.4, 0.5) is 5.69 Å². The SMILES string of the molecule is O=C(Nc1ccc2c(c1)OCCO2)C1CCN(Cc2nc(-c3ccc(Cl)cc3)no2)CC1. The summed E-state index contributed by atoms with van der Waals surface area (Å²) in [5.41, 5.74) is 1.58. The van der Waals surface area contributed by atoms with Crippen molar-refractivity contribution in [2.24, 2.45) is 5.92 Å². The quantitative estimate of drug-likeness (QED) is 0.622. The van der Waals surface area contributed by atoms with Crippen molar-refractivity contribution in [3.05, 3.63) is 53.4 Å². The molecule has 2 aliphatic rings. The lowest BCUT2D eigenvalue weighted by atomic mass is 9.96. The van der Waals surface area contributed by atoms with Gasteiger partial charge in [0, 0.05) is 28.3 Å². The van der Waals surface area contributed by atoms with E-state index >= 15 is 0 Å². The summed E-state index contributed by atoms with van der Waals surface area (Å²) in [6, 6.07) is 12.8. The zero-order chi connectivity index (χ0) is 21.9. The summed E-state index contributed by atoms with van der Waals surface area (Å²) < 4.78 is 16.5. The second-order valence-corrected chi connectivity index (χ2v) is 8.35. The summed E-state index contributed by atoms with van der Waals surface area (Å²) in [6.07, 6.45) is 1.54. The molecule has 9 heteroatoms. The highest BCUT2D eigenvalue weighted by Gasteiger charge is 2.26. The topological polar surface area (TPSA) is 89.7 Å². The standard InChI is InChI=1S/C23H23ClN4O4/c24-17-3-1-15(2-4-17)22-26-21(32-27-22)14-28-9-7-16(8-10-28)23(29)25-18-5-6-19-20(13-18)31-12-11-30-19/h1-6,13,16H,7-12,14H2,(H,25,29). The van der Waals surface area contributed by atoms with Gasteiger partial charge in [0.1, 0.15) is 13.2 Å². The van der Waals surface area contributed by atoms with Gasteiger partial charge in [-0.3, -0.25) is 9.69 Å². The third-order valence-electron chi connectivity index (χ3n) is 5.70. The minimum absolute atomic E-state index is 0.0316. The molecule has 0 radical (unpaired) electrons. The molecule has 3 heterocycles. The Bertz CT molecular complexity index is 1090. The number of rotatable bonds is 5. The molecule has 166 valence electrons. The number of nitrogens with zero attached hydrogens (tertiary/aromatic N) is 3. The molecule has 0 spiro atoms. The molecule has 8 nitrogen and oxygen atoms in total. The average Bonchev–Trinajstić information content (AvgIpc) is 3.28. The molecule has 2 aliphatic heterocycles. The molecule has 1 aromatic heterocycles. The Morgan fingerprint density at radius 3 is 2.59 bits per heavy atom. The highest BCUT2D eigenvalue weighted by atomic mass is 35.5. The number of likely N-dealkylation sites (tertiary alicyclic amines) is 1. The molecule has 1 fully saturated rings. The first kappa shape index (κ1) is 20.8. The van der Waals surface area contributed by atoms with Gasteiger partial charge in [-0.15, -0.1) is 0 Å². The van der Waals surface area contributed by atoms with Crippen LogP contribution in [0.25, 0.3) is 11.4 Å². The lowest BCUT2D eigenvalue weighted by Crippen LogP contribution is -2.37. The van der Waals surface area contributed by atoms with E-state index in [1.165, 1.54) is 0 Å². The van der Waals surface area contributed by atoms with Gasteiger partial charge in [0.2, 0.25) is 17.6 Å². The molecule has 0 atom stereocenters. The molecule has 1 saturated heterocycles. The largest absolute Gasteiger partial charge is 0.486 e. The maximum Gasteiger partial charge on any atom is 0.241 e. The predicted molar refractivity (Wildman–Crippen MR) is 119 cm³/mol. The Labute approximate surface area is 190 Å². The van der Waals surface area contributed by atoms with Crippen LogP contribution in [-0.2, 0) is 11.3 Å². The number of fused-ring (bicyclic) bond motifs is 1. The maximum atomic E-state index is 12.7. The number of anilines is 1. The summed E-state index contributed by atoms with van der Waals surface area (Å²) in [5.74, 6) is 2.49. The Morgan fingerprint density at radius 2 is 1.81 bits per heavy atom. The first-order valence-electron chi connectivity index (χ1n) is 10.7. The van der Waals surface area contributed by atoms with Gasteiger partial charge < -0.3 is 19.3 Å². The summed E-state index contributed by atoms with van der Waals surface area (Å²) >= 11 is 5.93. The van der Waals surface area contributed by atoms with Crippen LogP contribution in [0.3, 0.4) is 0 Å². The van der Waals surface area contributed by atoms with Crippen molar-refractivity contribution < 1.29 is 18.8 Å². The van der Waals surface area contributed by atoms with Crippen LogP contribution in [-0.4, -0.2) is 47.3 Å². The van der Waals surface area contributed by atoms with E-state index in [-0.39, 0.29) is 11.8 Å². The Kier molecular flexibility index (Phi) is 5.96. The number of carbonyl (C=O) groups excluding carboxylic acids is 1. The molecule has 32 heavy (non-hydrogen) atoms. The first-order valence-corrected chi connectivity index (χ1v) is 11.0. The van der Waals surface area contributed by atoms with E-state index in [9.17, 15) is 4.79 Å². The molecule has 0 aliphatic carbocycles.